The lowest BCUT2D eigenvalue weighted by molar-refractivity contribution is 1.23. The highest BCUT2D eigenvalue weighted by Crippen LogP contribution is 2.25. The second-order valence-electron chi connectivity index (χ2n) is 5.39. The topological polar surface area (TPSA) is 51.8 Å². The summed E-state index contributed by atoms with van der Waals surface area (Å²) in [5.41, 5.74) is 10.2. The summed E-state index contributed by atoms with van der Waals surface area (Å²) in [6.07, 6.45) is 0. The molecular weight excluding hydrogens is 282 g/mol. The lowest BCUT2D eigenvalue weighted by Gasteiger charge is -2.07. The van der Waals surface area contributed by atoms with Gasteiger partial charge < -0.3 is 5.73 Å². The van der Waals surface area contributed by atoms with Gasteiger partial charge in [0.2, 0.25) is 0 Å². The van der Waals surface area contributed by atoms with Crippen LogP contribution in [0.2, 0.25) is 0 Å². The van der Waals surface area contributed by atoms with E-state index >= 15 is 0 Å². The molecule has 110 valence electrons. The number of benzene rings is 3. The normalized spacial score (nSPS) is 10.8. The quantitative estimate of drug-likeness (QED) is 0.590. The van der Waals surface area contributed by atoms with E-state index in [0.29, 0.717) is 11.6 Å². The molecule has 0 aliphatic heterocycles. The molecule has 4 rings (SSSR count). The number of nitrogens with zero attached hydrogens (tertiary/aromatic N) is 2. The summed E-state index contributed by atoms with van der Waals surface area (Å²) in [6, 6.07) is 26.3. The molecule has 0 saturated heterocycles. The van der Waals surface area contributed by atoms with Crippen LogP contribution in [-0.4, -0.2) is 9.97 Å². The number of nitrogen functional groups attached to an aromatic ring is 1. The fourth-order valence-corrected chi connectivity index (χ4v) is 2.67. The molecular formula is C20H15N3. The fraction of sp³-hybridized carbons (Fsp3) is 0. The molecule has 0 saturated carbocycles. The van der Waals surface area contributed by atoms with Crippen LogP contribution in [0.25, 0.3) is 33.4 Å². The van der Waals surface area contributed by atoms with Crippen molar-refractivity contribution in [2.45, 2.75) is 0 Å². The van der Waals surface area contributed by atoms with E-state index in [1.165, 1.54) is 11.1 Å². The van der Waals surface area contributed by atoms with Crippen LogP contribution in [-0.2, 0) is 0 Å². The Balaban J connectivity index is 1.76. The average Bonchev–Trinajstić information content (AvgIpc) is 2.63. The number of hydrogen-bond donors (Lipinski definition) is 1. The van der Waals surface area contributed by atoms with Crippen LogP contribution in [0, 0.1) is 0 Å². The van der Waals surface area contributed by atoms with Crippen molar-refractivity contribution in [3.8, 4) is 22.5 Å². The lowest BCUT2D eigenvalue weighted by Crippen LogP contribution is -1.97. The number of anilines is 1. The van der Waals surface area contributed by atoms with Gasteiger partial charge in [-0.1, -0.05) is 66.7 Å². The molecule has 0 fully saturated rings. The van der Waals surface area contributed by atoms with Gasteiger partial charge in [-0.15, -0.1) is 0 Å². The molecule has 3 heteroatoms. The number of nitrogens with two attached hydrogens (primary N) is 1. The molecule has 0 aliphatic rings. The lowest BCUT2D eigenvalue weighted by atomic mass is 10.0. The highest BCUT2D eigenvalue weighted by Gasteiger charge is 2.07. The molecule has 1 aromatic heterocycles. The van der Waals surface area contributed by atoms with Crippen LogP contribution >= 0.6 is 0 Å². The molecule has 0 aliphatic carbocycles. The van der Waals surface area contributed by atoms with Gasteiger partial charge in [0.1, 0.15) is 5.82 Å². The number of aromatic nitrogens is 2. The van der Waals surface area contributed by atoms with E-state index in [-0.39, 0.29) is 0 Å². The van der Waals surface area contributed by atoms with E-state index < -0.39 is 0 Å². The second kappa shape index (κ2) is 5.54. The SMILES string of the molecule is Nc1nc(-c2ccc(-c3ccccc3)cc2)nc2ccccc12. The zero-order chi connectivity index (χ0) is 15.6. The molecule has 0 spiro atoms. The molecule has 0 unspecified atom stereocenters. The molecule has 0 amide bonds. The fourth-order valence-electron chi connectivity index (χ4n) is 2.67. The predicted octanol–water partition coefficient (Wildman–Crippen LogP) is 4.55. The minimum absolute atomic E-state index is 0.512. The van der Waals surface area contributed by atoms with Gasteiger partial charge in [-0.25, -0.2) is 9.97 Å². The van der Waals surface area contributed by atoms with Crippen LogP contribution in [0.3, 0.4) is 0 Å². The van der Waals surface area contributed by atoms with Crippen LogP contribution in [0.1, 0.15) is 0 Å². The molecule has 0 bridgehead atoms. The van der Waals surface area contributed by atoms with Crippen molar-refractivity contribution in [3.05, 3.63) is 78.9 Å². The van der Waals surface area contributed by atoms with E-state index in [9.17, 15) is 0 Å². The summed E-state index contributed by atoms with van der Waals surface area (Å²) in [5.74, 6) is 1.17. The molecule has 1 heterocycles. The van der Waals surface area contributed by atoms with Crippen molar-refractivity contribution in [1.29, 1.82) is 0 Å². The first-order valence-corrected chi connectivity index (χ1v) is 7.49. The molecule has 0 atom stereocenters. The summed E-state index contributed by atoms with van der Waals surface area (Å²) >= 11 is 0. The third-order valence-electron chi connectivity index (χ3n) is 3.88. The van der Waals surface area contributed by atoms with Crippen molar-refractivity contribution >= 4 is 16.7 Å². The van der Waals surface area contributed by atoms with Crippen LogP contribution in [0.5, 0.6) is 0 Å². The standard InChI is InChI=1S/C20H15N3/c21-19-17-8-4-5-9-18(17)22-20(23-19)16-12-10-15(11-13-16)14-6-2-1-3-7-14/h1-13H,(H2,21,22,23). The Morgan fingerprint density at radius 1 is 0.565 bits per heavy atom. The molecule has 4 aromatic rings. The highest BCUT2D eigenvalue weighted by molar-refractivity contribution is 5.89. The number of fused-ring (bicyclic) bond motifs is 1. The smallest absolute Gasteiger partial charge is 0.162 e. The Morgan fingerprint density at radius 3 is 1.96 bits per heavy atom. The van der Waals surface area contributed by atoms with E-state index in [1.54, 1.807) is 0 Å². The van der Waals surface area contributed by atoms with Gasteiger partial charge in [0.15, 0.2) is 5.82 Å². The average molecular weight is 297 g/mol. The summed E-state index contributed by atoms with van der Waals surface area (Å²) in [6.45, 7) is 0. The third kappa shape index (κ3) is 2.53. The highest BCUT2D eigenvalue weighted by atomic mass is 14.9. The zero-order valence-corrected chi connectivity index (χ0v) is 12.5. The molecule has 3 nitrogen and oxygen atoms in total. The van der Waals surface area contributed by atoms with Crippen LogP contribution in [0.15, 0.2) is 78.9 Å². The number of rotatable bonds is 2. The first kappa shape index (κ1) is 13.5. The number of para-hydroxylation sites is 1. The first-order valence-electron chi connectivity index (χ1n) is 7.49. The van der Waals surface area contributed by atoms with E-state index in [1.807, 2.05) is 54.6 Å². The van der Waals surface area contributed by atoms with Crippen LogP contribution in [0.4, 0.5) is 5.82 Å². The van der Waals surface area contributed by atoms with Gasteiger partial charge in [0.25, 0.3) is 0 Å². The van der Waals surface area contributed by atoms with Crippen molar-refractivity contribution in [2.75, 3.05) is 5.73 Å². The largest absolute Gasteiger partial charge is 0.383 e. The summed E-state index contributed by atoms with van der Waals surface area (Å²) in [4.78, 5) is 9.06. The second-order valence-corrected chi connectivity index (χ2v) is 5.39. The van der Waals surface area contributed by atoms with Crippen LogP contribution < -0.4 is 5.73 Å². The maximum atomic E-state index is 6.06. The van der Waals surface area contributed by atoms with Crippen molar-refractivity contribution in [1.82, 2.24) is 9.97 Å². The minimum Gasteiger partial charge on any atom is -0.383 e. The number of hydrogen-bond acceptors (Lipinski definition) is 3. The minimum atomic E-state index is 0.512. The summed E-state index contributed by atoms with van der Waals surface area (Å²) in [5, 5.41) is 0.886. The van der Waals surface area contributed by atoms with Gasteiger partial charge in [-0.05, 0) is 23.3 Å². The Bertz CT molecular complexity index is 961. The van der Waals surface area contributed by atoms with Crippen molar-refractivity contribution in [3.63, 3.8) is 0 Å². The van der Waals surface area contributed by atoms with Crippen molar-refractivity contribution in [2.24, 2.45) is 0 Å². The Labute approximate surface area is 134 Å². The van der Waals surface area contributed by atoms with E-state index in [0.717, 1.165) is 16.5 Å². The Kier molecular flexibility index (Phi) is 3.24. The third-order valence-corrected chi connectivity index (χ3v) is 3.88. The Hall–Kier alpha value is -3.20. The summed E-state index contributed by atoms with van der Waals surface area (Å²) < 4.78 is 0. The van der Waals surface area contributed by atoms with Gasteiger partial charge in [-0.3, -0.25) is 0 Å². The maximum Gasteiger partial charge on any atom is 0.162 e. The monoisotopic (exact) mass is 297 g/mol. The van der Waals surface area contributed by atoms with Gasteiger partial charge in [0.05, 0.1) is 5.52 Å². The maximum absolute atomic E-state index is 6.06. The first-order chi connectivity index (χ1) is 11.3. The van der Waals surface area contributed by atoms with E-state index in [4.69, 9.17) is 5.73 Å². The zero-order valence-electron chi connectivity index (χ0n) is 12.5. The van der Waals surface area contributed by atoms with Gasteiger partial charge in [-0.2, -0.15) is 0 Å². The van der Waals surface area contributed by atoms with Crippen molar-refractivity contribution < 1.29 is 0 Å². The Morgan fingerprint density at radius 2 is 1.17 bits per heavy atom. The van der Waals surface area contributed by atoms with E-state index in [2.05, 4.69) is 34.2 Å². The summed E-state index contributed by atoms with van der Waals surface area (Å²) in [7, 11) is 0. The molecule has 23 heavy (non-hydrogen) atoms. The molecule has 3 aromatic carbocycles. The molecule has 0 radical (unpaired) electrons. The van der Waals surface area contributed by atoms with Gasteiger partial charge in [0, 0.05) is 10.9 Å². The molecule has 2 N–H and O–H groups in total. The predicted molar refractivity (Wildman–Crippen MR) is 94.8 cm³/mol. The van der Waals surface area contributed by atoms with Gasteiger partial charge >= 0.3 is 0 Å².